The molecule has 0 spiro atoms. The Labute approximate surface area is 124 Å². The molecule has 112 valence electrons. The number of aromatic nitrogens is 1. The molecule has 5 nitrogen and oxygen atoms in total. The molecule has 0 saturated heterocycles. The van der Waals surface area contributed by atoms with Gasteiger partial charge < -0.3 is 5.73 Å². The van der Waals surface area contributed by atoms with E-state index in [9.17, 15) is 8.42 Å². The summed E-state index contributed by atoms with van der Waals surface area (Å²) in [7, 11) is -3.46. The molecule has 2 aromatic rings. The van der Waals surface area contributed by atoms with E-state index < -0.39 is 10.0 Å². The summed E-state index contributed by atoms with van der Waals surface area (Å²) in [6, 6.07) is 8.36. The van der Waals surface area contributed by atoms with Gasteiger partial charge in [-0.3, -0.25) is 0 Å². The maximum Gasteiger partial charge on any atom is 0.240 e. The van der Waals surface area contributed by atoms with Crippen molar-refractivity contribution < 1.29 is 8.42 Å². The van der Waals surface area contributed by atoms with Crippen LogP contribution in [0.3, 0.4) is 0 Å². The van der Waals surface area contributed by atoms with Crippen LogP contribution in [-0.4, -0.2) is 19.9 Å². The normalized spacial score (nSPS) is 16.6. The van der Waals surface area contributed by atoms with E-state index in [0.29, 0.717) is 23.8 Å². The van der Waals surface area contributed by atoms with Gasteiger partial charge in [-0.05, 0) is 49.1 Å². The van der Waals surface area contributed by atoms with Crippen LogP contribution >= 0.6 is 0 Å². The summed E-state index contributed by atoms with van der Waals surface area (Å²) >= 11 is 0. The van der Waals surface area contributed by atoms with Crippen LogP contribution in [0.25, 0.3) is 10.9 Å². The van der Waals surface area contributed by atoms with E-state index in [0.717, 1.165) is 18.2 Å². The Morgan fingerprint density at radius 3 is 2.71 bits per heavy atom. The molecular weight excluding hydrogens is 286 g/mol. The lowest BCUT2D eigenvalue weighted by atomic mass is 10.1. The Kier molecular flexibility index (Phi) is 3.82. The third-order valence-corrected chi connectivity index (χ3v) is 5.45. The maximum atomic E-state index is 12.3. The summed E-state index contributed by atoms with van der Waals surface area (Å²) in [5, 5.41) is 0.771. The monoisotopic (exact) mass is 305 g/mol. The number of hydrogen-bond donors (Lipinski definition) is 2. The van der Waals surface area contributed by atoms with Crippen LogP contribution in [-0.2, 0) is 10.0 Å². The number of nitrogens with one attached hydrogen (secondary N) is 1. The Balaban J connectivity index is 1.82. The van der Waals surface area contributed by atoms with Gasteiger partial charge in [-0.1, -0.05) is 12.8 Å². The van der Waals surface area contributed by atoms with Crippen molar-refractivity contribution in [2.45, 2.75) is 30.6 Å². The first kappa shape index (κ1) is 14.3. The predicted octanol–water partition coefficient (Wildman–Crippen LogP) is 2.29. The van der Waals surface area contributed by atoms with Gasteiger partial charge in [0, 0.05) is 11.9 Å². The number of nitrogens with zero attached hydrogens (tertiary/aromatic N) is 1. The van der Waals surface area contributed by atoms with E-state index in [1.54, 1.807) is 30.3 Å². The molecule has 1 saturated carbocycles. The Morgan fingerprint density at radius 1 is 1.19 bits per heavy atom. The lowest BCUT2D eigenvalue weighted by Crippen LogP contribution is -2.28. The quantitative estimate of drug-likeness (QED) is 0.907. The molecule has 3 N–H and O–H groups in total. The van der Waals surface area contributed by atoms with Gasteiger partial charge in [0.15, 0.2) is 0 Å². The number of rotatable bonds is 4. The molecule has 0 unspecified atom stereocenters. The number of anilines is 1. The number of benzene rings is 1. The zero-order valence-electron chi connectivity index (χ0n) is 11.7. The van der Waals surface area contributed by atoms with E-state index in [1.165, 1.54) is 12.8 Å². The minimum atomic E-state index is -3.46. The number of sulfonamides is 1. The standard InChI is InChI=1S/C15H19N3O2S/c16-15-8-5-12-9-13(6-7-14(12)18-15)21(19,20)17-10-11-3-1-2-4-11/h5-9,11,17H,1-4,10H2,(H2,16,18). The zero-order valence-corrected chi connectivity index (χ0v) is 12.6. The van der Waals surface area contributed by atoms with Crippen LogP contribution < -0.4 is 10.5 Å². The fraction of sp³-hybridized carbons (Fsp3) is 0.400. The van der Waals surface area contributed by atoms with E-state index in [2.05, 4.69) is 9.71 Å². The molecular formula is C15H19N3O2S. The van der Waals surface area contributed by atoms with Gasteiger partial charge in [-0.25, -0.2) is 18.1 Å². The summed E-state index contributed by atoms with van der Waals surface area (Å²) in [5.41, 5.74) is 6.32. The molecule has 0 atom stereocenters. The average Bonchev–Trinajstić information content (AvgIpc) is 2.98. The van der Waals surface area contributed by atoms with Crippen LogP contribution in [0.15, 0.2) is 35.2 Å². The smallest absolute Gasteiger partial charge is 0.240 e. The van der Waals surface area contributed by atoms with Crippen molar-refractivity contribution in [2.24, 2.45) is 5.92 Å². The number of nitrogen functional groups attached to an aromatic ring is 1. The summed E-state index contributed by atoms with van der Waals surface area (Å²) in [5.74, 6) is 0.902. The first-order valence-electron chi connectivity index (χ1n) is 7.20. The molecule has 1 aliphatic carbocycles. The van der Waals surface area contributed by atoms with Crippen molar-refractivity contribution in [1.82, 2.24) is 9.71 Å². The summed E-state index contributed by atoms with van der Waals surface area (Å²) in [6.07, 6.45) is 4.64. The molecule has 3 rings (SSSR count). The zero-order chi connectivity index (χ0) is 14.9. The van der Waals surface area contributed by atoms with E-state index >= 15 is 0 Å². The highest BCUT2D eigenvalue weighted by Crippen LogP contribution is 2.24. The number of hydrogen-bond acceptors (Lipinski definition) is 4. The topological polar surface area (TPSA) is 85.1 Å². The predicted molar refractivity (Wildman–Crippen MR) is 83.3 cm³/mol. The van der Waals surface area contributed by atoms with E-state index in [-0.39, 0.29) is 4.90 Å². The van der Waals surface area contributed by atoms with Crippen molar-refractivity contribution in [2.75, 3.05) is 12.3 Å². The van der Waals surface area contributed by atoms with Crippen LogP contribution in [0.1, 0.15) is 25.7 Å². The second-order valence-electron chi connectivity index (χ2n) is 5.59. The van der Waals surface area contributed by atoms with Gasteiger partial charge in [0.05, 0.1) is 10.4 Å². The largest absolute Gasteiger partial charge is 0.384 e. The van der Waals surface area contributed by atoms with Gasteiger partial charge in [0.1, 0.15) is 5.82 Å². The Morgan fingerprint density at radius 2 is 1.95 bits per heavy atom. The van der Waals surface area contributed by atoms with Crippen molar-refractivity contribution >= 4 is 26.7 Å². The lowest BCUT2D eigenvalue weighted by molar-refractivity contribution is 0.519. The molecule has 0 amide bonds. The molecule has 1 aromatic heterocycles. The first-order chi connectivity index (χ1) is 10.0. The van der Waals surface area contributed by atoms with E-state index in [4.69, 9.17) is 5.73 Å². The van der Waals surface area contributed by atoms with Crippen LogP contribution in [0, 0.1) is 5.92 Å². The van der Waals surface area contributed by atoms with Crippen LogP contribution in [0.5, 0.6) is 0 Å². The number of nitrogens with two attached hydrogens (primary N) is 1. The minimum absolute atomic E-state index is 0.277. The second-order valence-corrected chi connectivity index (χ2v) is 7.36. The fourth-order valence-corrected chi connectivity index (χ4v) is 3.96. The van der Waals surface area contributed by atoms with Gasteiger partial charge in [-0.2, -0.15) is 0 Å². The van der Waals surface area contributed by atoms with Gasteiger partial charge >= 0.3 is 0 Å². The average molecular weight is 305 g/mol. The third kappa shape index (κ3) is 3.16. The Bertz CT molecular complexity index is 753. The van der Waals surface area contributed by atoms with Gasteiger partial charge in [0.25, 0.3) is 0 Å². The number of fused-ring (bicyclic) bond motifs is 1. The molecule has 1 aromatic carbocycles. The minimum Gasteiger partial charge on any atom is -0.384 e. The molecule has 0 radical (unpaired) electrons. The van der Waals surface area contributed by atoms with E-state index in [1.807, 2.05) is 0 Å². The summed E-state index contributed by atoms with van der Waals surface area (Å²) < 4.78 is 27.4. The summed E-state index contributed by atoms with van der Waals surface area (Å²) in [6.45, 7) is 0.528. The molecule has 1 heterocycles. The molecule has 0 bridgehead atoms. The molecule has 21 heavy (non-hydrogen) atoms. The van der Waals surface area contributed by atoms with Crippen molar-refractivity contribution in [3.05, 3.63) is 30.3 Å². The van der Waals surface area contributed by atoms with Crippen molar-refractivity contribution in [3.8, 4) is 0 Å². The van der Waals surface area contributed by atoms with Crippen LogP contribution in [0.4, 0.5) is 5.82 Å². The highest BCUT2D eigenvalue weighted by atomic mass is 32.2. The Hall–Kier alpha value is -1.66. The fourth-order valence-electron chi connectivity index (χ4n) is 2.81. The van der Waals surface area contributed by atoms with Crippen molar-refractivity contribution in [1.29, 1.82) is 0 Å². The SMILES string of the molecule is Nc1ccc2cc(S(=O)(=O)NCC3CCCC3)ccc2n1. The van der Waals surface area contributed by atoms with Crippen molar-refractivity contribution in [3.63, 3.8) is 0 Å². The molecule has 1 aliphatic rings. The number of pyridine rings is 1. The lowest BCUT2D eigenvalue weighted by Gasteiger charge is -2.11. The van der Waals surface area contributed by atoms with Gasteiger partial charge in [-0.15, -0.1) is 0 Å². The molecule has 1 fully saturated rings. The van der Waals surface area contributed by atoms with Crippen LogP contribution in [0.2, 0.25) is 0 Å². The second kappa shape index (κ2) is 5.61. The van der Waals surface area contributed by atoms with Gasteiger partial charge in [0.2, 0.25) is 10.0 Å². The molecule has 0 aliphatic heterocycles. The molecule has 6 heteroatoms. The maximum absolute atomic E-state index is 12.3. The third-order valence-electron chi connectivity index (χ3n) is 4.03. The first-order valence-corrected chi connectivity index (χ1v) is 8.69. The highest BCUT2D eigenvalue weighted by molar-refractivity contribution is 7.89. The highest BCUT2D eigenvalue weighted by Gasteiger charge is 2.20. The summed E-state index contributed by atoms with van der Waals surface area (Å²) in [4.78, 5) is 4.45.